The third kappa shape index (κ3) is 11.7. The van der Waals surface area contributed by atoms with Crippen molar-refractivity contribution in [1.29, 1.82) is 0 Å². The molecule has 0 unspecified atom stereocenters. The second-order valence-corrected chi connectivity index (χ2v) is 16.7. The van der Waals surface area contributed by atoms with Gasteiger partial charge < -0.3 is 20.4 Å². The summed E-state index contributed by atoms with van der Waals surface area (Å²) in [4.78, 5) is 35.7. The topological polar surface area (TPSA) is 71.2 Å². The Labute approximate surface area is 352 Å². The number of carbonyl (C=O) groups excluding carboxylic acids is 2. The molecule has 2 heterocycles. The van der Waals surface area contributed by atoms with Gasteiger partial charge in [0, 0.05) is 65.4 Å². The van der Waals surface area contributed by atoms with Crippen LogP contribution in [0.4, 0.5) is 0 Å². The summed E-state index contributed by atoms with van der Waals surface area (Å²) in [5.41, 5.74) is 3.95. The highest BCUT2D eigenvalue weighted by Crippen LogP contribution is 2.28. The van der Waals surface area contributed by atoms with E-state index in [2.05, 4.69) is 44.7 Å². The highest BCUT2D eigenvalue weighted by atomic mass is 35.5. The number of nitrogens with zero attached hydrogens (tertiary/aromatic N) is 4. The van der Waals surface area contributed by atoms with Crippen molar-refractivity contribution in [3.05, 3.63) is 139 Å². The molecule has 2 aliphatic heterocycles. The second-order valence-electron chi connectivity index (χ2n) is 15.1. The Bertz CT molecular complexity index is 1770. The predicted octanol–water partition coefficient (Wildman–Crippen LogP) is 7.81. The van der Waals surface area contributed by atoms with Crippen LogP contribution in [0.25, 0.3) is 0 Å². The molecular formula is C44H52Cl4N6O2. The van der Waals surface area contributed by atoms with E-state index >= 15 is 0 Å². The molecule has 298 valence electrons. The summed E-state index contributed by atoms with van der Waals surface area (Å²) in [5.74, 6) is 0.0809. The van der Waals surface area contributed by atoms with E-state index in [0.717, 1.165) is 87.5 Å². The van der Waals surface area contributed by atoms with E-state index in [1.165, 1.54) is 0 Å². The molecule has 56 heavy (non-hydrogen) atoms. The van der Waals surface area contributed by atoms with Gasteiger partial charge in [-0.3, -0.25) is 19.4 Å². The fraction of sp³-hybridized carbons (Fsp3) is 0.409. The summed E-state index contributed by atoms with van der Waals surface area (Å²) in [7, 11) is 3.80. The maximum absolute atomic E-state index is 13.5. The van der Waals surface area contributed by atoms with E-state index in [1.54, 1.807) is 24.3 Å². The van der Waals surface area contributed by atoms with Crippen molar-refractivity contribution in [2.45, 2.75) is 49.9 Å². The first-order valence-corrected chi connectivity index (χ1v) is 21.0. The monoisotopic (exact) mass is 836 g/mol. The summed E-state index contributed by atoms with van der Waals surface area (Å²) in [6.07, 6.45) is 2.66. The van der Waals surface area contributed by atoms with Crippen LogP contribution < -0.4 is 10.6 Å². The van der Waals surface area contributed by atoms with Crippen molar-refractivity contribution in [3.63, 3.8) is 0 Å². The van der Waals surface area contributed by atoms with Crippen molar-refractivity contribution < 1.29 is 9.59 Å². The zero-order valence-corrected chi connectivity index (χ0v) is 35.2. The lowest BCUT2D eigenvalue weighted by Gasteiger charge is -2.32. The molecular weight excluding hydrogens is 786 g/mol. The molecule has 2 fully saturated rings. The summed E-state index contributed by atoms with van der Waals surface area (Å²) in [6, 6.07) is 32.0. The standard InChI is InChI=1S/C44H52Cl4N6O2/c1-51(43(55)25-31-13-15-37(45)39(47)23-31)41(33-9-5-3-6-10-33)29-53-21-17-35(27-53)49-19-20-50-36-18-22-54(28-36)30-42(34-11-7-4-8-12-34)52(2)44(56)26-32-14-16-38(46)40(48)24-32/h3-16,23-24,35-36,41-42,49-50H,17-22,25-30H2,1-2H3/t35-,36-,41+,42+/m0/s1. The largest absolute Gasteiger partial charge is 0.337 e. The van der Waals surface area contributed by atoms with Crippen LogP contribution in [-0.2, 0) is 22.4 Å². The lowest BCUT2D eigenvalue weighted by molar-refractivity contribution is -0.132. The second kappa shape index (κ2) is 20.5. The van der Waals surface area contributed by atoms with Gasteiger partial charge in [-0.25, -0.2) is 0 Å². The van der Waals surface area contributed by atoms with Gasteiger partial charge in [-0.05, 0) is 72.5 Å². The van der Waals surface area contributed by atoms with Crippen molar-refractivity contribution in [3.8, 4) is 0 Å². The number of hydrogen-bond donors (Lipinski definition) is 2. The highest BCUT2D eigenvalue weighted by Gasteiger charge is 2.31. The Morgan fingerprint density at radius 2 is 1.00 bits per heavy atom. The Kier molecular flexibility index (Phi) is 15.5. The number of halogens is 4. The quantitative estimate of drug-likeness (QED) is 0.106. The first kappa shape index (κ1) is 42.4. The number of benzene rings is 4. The van der Waals surface area contributed by atoms with Crippen molar-refractivity contribution in [1.82, 2.24) is 30.2 Å². The number of rotatable bonds is 17. The Hall–Kier alpha value is -3.18. The van der Waals surface area contributed by atoms with Gasteiger partial charge in [0.1, 0.15) is 0 Å². The molecule has 4 atom stereocenters. The number of nitrogens with one attached hydrogen (secondary N) is 2. The van der Waals surface area contributed by atoms with E-state index in [-0.39, 0.29) is 36.7 Å². The van der Waals surface area contributed by atoms with Gasteiger partial charge in [-0.15, -0.1) is 0 Å². The Balaban J connectivity index is 0.952. The van der Waals surface area contributed by atoms with E-state index in [9.17, 15) is 9.59 Å². The van der Waals surface area contributed by atoms with Gasteiger partial charge in [-0.2, -0.15) is 0 Å². The van der Waals surface area contributed by atoms with Crippen LogP contribution in [0.3, 0.4) is 0 Å². The van der Waals surface area contributed by atoms with Crippen LogP contribution >= 0.6 is 46.4 Å². The molecule has 0 spiro atoms. The maximum Gasteiger partial charge on any atom is 0.227 e. The minimum atomic E-state index is -0.0702. The molecule has 2 N–H and O–H groups in total. The summed E-state index contributed by atoms with van der Waals surface area (Å²) < 4.78 is 0. The molecule has 0 radical (unpaired) electrons. The fourth-order valence-corrected chi connectivity index (χ4v) is 8.51. The molecule has 4 aromatic rings. The normalized spacial score (nSPS) is 18.5. The molecule has 0 aromatic heterocycles. The molecule has 2 saturated heterocycles. The van der Waals surface area contributed by atoms with Crippen LogP contribution in [0.1, 0.15) is 47.2 Å². The minimum Gasteiger partial charge on any atom is -0.337 e. The summed E-state index contributed by atoms with van der Waals surface area (Å²) in [5, 5.41) is 9.44. The third-order valence-corrected chi connectivity index (χ3v) is 12.6. The number of carbonyl (C=O) groups is 2. The van der Waals surface area contributed by atoms with Gasteiger partial charge in [0.05, 0.1) is 45.0 Å². The van der Waals surface area contributed by atoms with Crippen LogP contribution in [0.15, 0.2) is 97.1 Å². The van der Waals surface area contributed by atoms with Crippen LogP contribution in [0, 0.1) is 0 Å². The lowest BCUT2D eigenvalue weighted by atomic mass is 10.0. The predicted molar refractivity (Wildman–Crippen MR) is 230 cm³/mol. The van der Waals surface area contributed by atoms with Crippen LogP contribution in [0.2, 0.25) is 20.1 Å². The minimum absolute atomic E-state index is 0.0404. The van der Waals surface area contributed by atoms with Gasteiger partial charge in [-0.1, -0.05) is 119 Å². The molecule has 8 nitrogen and oxygen atoms in total. The number of amides is 2. The third-order valence-electron chi connectivity index (χ3n) is 11.2. The lowest BCUT2D eigenvalue weighted by Crippen LogP contribution is -2.43. The molecule has 0 aliphatic carbocycles. The van der Waals surface area contributed by atoms with Gasteiger partial charge in [0.2, 0.25) is 11.8 Å². The van der Waals surface area contributed by atoms with Gasteiger partial charge >= 0.3 is 0 Å². The molecule has 12 heteroatoms. The van der Waals surface area contributed by atoms with Crippen molar-refractivity contribution in [2.24, 2.45) is 0 Å². The highest BCUT2D eigenvalue weighted by molar-refractivity contribution is 6.42. The average molecular weight is 839 g/mol. The zero-order chi connectivity index (χ0) is 39.6. The van der Waals surface area contributed by atoms with Gasteiger partial charge in [0.25, 0.3) is 0 Å². The average Bonchev–Trinajstić information content (AvgIpc) is 3.86. The number of likely N-dealkylation sites (tertiary alicyclic amines) is 2. The van der Waals surface area contributed by atoms with Crippen molar-refractivity contribution in [2.75, 3.05) is 66.5 Å². The number of hydrogen-bond acceptors (Lipinski definition) is 6. The van der Waals surface area contributed by atoms with E-state index < -0.39 is 0 Å². The molecule has 0 bridgehead atoms. The summed E-state index contributed by atoms with van der Waals surface area (Å²) >= 11 is 24.7. The molecule has 6 rings (SSSR count). The maximum atomic E-state index is 13.5. The molecule has 2 amide bonds. The van der Waals surface area contributed by atoms with Crippen molar-refractivity contribution >= 4 is 58.2 Å². The first-order valence-electron chi connectivity index (χ1n) is 19.4. The Morgan fingerprint density at radius 1 is 0.607 bits per heavy atom. The van der Waals surface area contributed by atoms with E-state index in [1.807, 2.05) is 72.4 Å². The SMILES string of the molecule is CN(C(=O)Cc1ccc(Cl)c(Cl)c1)[C@H](CN1CC[C@H](NCCN[C@H]2CCN(C[C@H](c3ccccc3)N(C)C(=O)Cc3ccc(Cl)c(Cl)c3)C2)C1)c1ccccc1. The van der Waals surface area contributed by atoms with Gasteiger partial charge in [0.15, 0.2) is 0 Å². The molecule has 0 saturated carbocycles. The Morgan fingerprint density at radius 3 is 1.38 bits per heavy atom. The summed E-state index contributed by atoms with van der Waals surface area (Å²) in [6.45, 7) is 7.14. The number of likely N-dealkylation sites (N-methyl/N-ethyl adjacent to an activating group) is 2. The molecule has 2 aliphatic rings. The van der Waals surface area contributed by atoms with Crippen LogP contribution in [0.5, 0.6) is 0 Å². The van der Waals surface area contributed by atoms with E-state index in [0.29, 0.717) is 32.2 Å². The van der Waals surface area contributed by atoms with E-state index in [4.69, 9.17) is 46.4 Å². The first-order chi connectivity index (χ1) is 27.0. The van der Waals surface area contributed by atoms with Crippen LogP contribution in [-0.4, -0.2) is 110 Å². The zero-order valence-electron chi connectivity index (χ0n) is 32.1. The fourth-order valence-electron chi connectivity index (χ4n) is 7.87. The molecule has 4 aromatic carbocycles. The smallest absolute Gasteiger partial charge is 0.227 e.